The molecule has 0 fully saturated rings. The lowest BCUT2D eigenvalue weighted by Crippen LogP contribution is -2.42. The Morgan fingerprint density at radius 3 is 1.94 bits per heavy atom. The van der Waals surface area contributed by atoms with Gasteiger partial charge >= 0.3 is 0 Å². The molecule has 33 heavy (non-hydrogen) atoms. The fourth-order valence-corrected chi connectivity index (χ4v) is 4.51. The molecule has 2 aromatic carbocycles. The van der Waals surface area contributed by atoms with Crippen LogP contribution in [0.1, 0.15) is 90.7 Å². The lowest BCUT2D eigenvalue weighted by Gasteiger charge is -2.31. The largest absolute Gasteiger partial charge is 0.598 e. The fraction of sp³-hybridized carbons (Fsp3) is 0.483. The van der Waals surface area contributed by atoms with Gasteiger partial charge in [0.05, 0.1) is 11.6 Å². The first-order chi connectivity index (χ1) is 15.1. The van der Waals surface area contributed by atoms with Crippen LogP contribution in [0, 0.1) is 0 Å². The van der Waals surface area contributed by atoms with E-state index in [1.54, 1.807) is 0 Å². The van der Waals surface area contributed by atoms with Crippen LogP contribution in [0.3, 0.4) is 0 Å². The highest BCUT2D eigenvalue weighted by molar-refractivity contribution is 7.90. The van der Waals surface area contributed by atoms with Crippen LogP contribution in [0.2, 0.25) is 0 Å². The molecule has 2 atom stereocenters. The van der Waals surface area contributed by atoms with Gasteiger partial charge in [-0.2, -0.15) is 0 Å². The highest BCUT2D eigenvalue weighted by Gasteiger charge is 2.31. The predicted molar refractivity (Wildman–Crippen MR) is 143 cm³/mol. The molecule has 0 aliphatic carbocycles. The Morgan fingerprint density at radius 1 is 0.818 bits per heavy atom. The zero-order chi connectivity index (χ0) is 24.6. The lowest BCUT2D eigenvalue weighted by molar-refractivity contribution is 0.518. The van der Waals surface area contributed by atoms with E-state index in [0.717, 1.165) is 16.6 Å². The van der Waals surface area contributed by atoms with Crippen molar-refractivity contribution in [2.45, 2.75) is 90.4 Å². The molecule has 0 radical (unpaired) electrons. The van der Waals surface area contributed by atoms with Crippen molar-refractivity contribution in [1.82, 2.24) is 9.71 Å². The molecule has 0 saturated heterocycles. The Balaban J connectivity index is 2.09. The number of rotatable bonds is 5. The monoisotopic (exact) mass is 464 g/mol. The summed E-state index contributed by atoms with van der Waals surface area (Å²) in [7, 11) is 0. The average Bonchev–Trinajstić information content (AvgIpc) is 2.71. The van der Waals surface area contributed by atoms with Crippen molar-refractivity contribution < 1.29 is 4.55 Å². The number of hydrogen-bond acceptors (Lipinski definition) is 3. The molecule has 0 saturated carbocycles. The highest BCUT2D eigenvalue weighted by Crippen LogP contribution is 2.34. The Hall–Kier alpha value is -1.88. The summed E-state index contributed by atoms with van der Waals surface area (Å²) in [6.07, 6.45) is 0.670. The van der Waals surface area contributed by atoms with Gasteiger partial charge in [-0.15, -0.1) is 4.72 Å². The molecule has 0 spiro atoms. The van der Waals surface area contributed by atoms with Gasteiger partial charge in [0.1, 0.15) is 4.75 Å². The number of nitrogens with zero attached hydrogens (tertiary/aromatic N) is 1. The number of fused-ring (bicyclic) bond motifs is 1. The number of pyridine rings is 1. The molecule has 1 N–H and O–H groups in total. The molecule has 0 amide bonds. The van der Waals surface area contributed by atoms with Gasteiger partial charge in [-0.1, -0.05) is 84.0 Å². The van der Waals surface area contributed by atoms with Crippen molar-refractivity contribution in [3.63, 3.8) is 0 Å². The van der Waals surface area contributed by atoms with Gasteiger partial charge in [0, 0.05) is 28.9 Å². The molecule has 1 aromatic heterocycles. The normalized spacial score (nSPS) is 15.0. The molecule has 0 aliphatic rings. The first kappa shape index (κ1) is 25.7. The predicted octanol–water partition coefficient (Wildman–Crippen LogP) is 7.17. The van der Waals surface area contributed by atoms with E-state index in [9.17, 15) is 4.55 Å². The van der Waals surface area contributed by atoms with Gasteiger partial charge in [-0.05, 0) is 60.4 Å². The summed E-state index contributed by atoms with van der Waals surface area (Å²) < 4.78 is 16.3. The van der Waals surface area contributed by atoms with Crippen molar-refractivity contribution in [2.75, 3.05) is 0 Å². The van der Waals surface area contributed by atoms with E-state index in [0.29, 0.717) is 6.42 Å². The summed E-state index contributed by atoms with van der Waals surface area (Å²) in [5.74, 6) is 0. The van der Waals surface area contributed by atoms with Gasteiger partial charge in [0.2, 0.25) is 0 Å². The second-order valence-corrected chi connectivity index (χ2v) is 14.1. The van der Waals surface area contributed by atoms with Gasteiger partial charge in [0.25, 0.3) is 0 Å². The maximum Gasteiger partial charge on any atom is 0.136 e. The molecule has 0 unspecified atom stereocenters. The number of aromatic nitrogens is 1. The van der Waals surface area contributed by atoms with Crippen LogP contribution in [-0.4, -0.2) is 14.3 Å². The molecule has 1 heterocycles. The molecule has 0 aliphatic heterocycles. The third-order valence-electron chi connectivity index (χ3n) is 5.96. The number of hydrogen-bond donors (Lipinski definition) is 1. The van der Waals surface area contributed by atoms with Crippen molar-refractivity contribution in [2.24, 2.45) is 0 Å². The van der Waals surface area contributed by atoms with Crippen molar-refractivity contribution in [3.05, 3.63) is 77.0 Å². The zero-order valence-electron chi connectivity index (χ0n) is 21.7. The number of benzene rings is 2. The number of nitrogens with one attached hydrogen (secondary N) is 1. The lowest BCUT2D eigenvalue weighted by atomic mass is 9.78. The summed E-state index contributed by atoms with van der Waals surface area (Å²) in [5, 5.41) is 1.13. The van der Waals surface area contributed by atoms with Crippen LogP contribution in [0.25, 0.3) is 10.9 Å². The molecule has 3 aromatic rings. The van der Waals surface area contributed by atoms with Crippen LogP contribution in [-0.2, 0) is 28.6 Å². The van der Waals surface area contributed by atoms with Crippen molar-refractivity contribution in [1.29, 1.82) is 0 Å². The summed E-state index contributed by atoms with van der Waals surface area (Å²) in [6, 6.07) is 19.2. The van der Waals surface area contributed by atoms with Crippen LogP contribution < -0.4 is 4.72 Å². The van der Waals surface area contributed by atoms with Crippen molar-refractivity contribution >= 4 is 22.3 Å². The van der Waals surface area contributed by atoms with Crippen LogP contribution >= 0.6 is 0 Å². The number of para-hydroxylation sites is 1. The van der Waals surface area contributed by atoms with E-state index in [2.05, 4.69) is 82.7 Å². The zero-order valence-corrected chi connectivity index (χ0v) is 22.6. The van der Waals surface area contributed by atoms with E-state index in [1.165, 1.54) is 16.7 Å². The maximum atomic E-state index is 13.2. The smallest absolute Gasteiger partial charge is 0.136 e. The van der Waals surface area contributed by atoms with Gasteiger partial charge in [0.15, 0.2) is 0 Å². The standard InChI is InChI=1S/C29H40N2OS/c1-27(2,3)22-16-21(17-23(18-22)28(4,5)6)26(31-33(32)29(7,8)9)19-24-15-14-20-12-10-11-13-25(20)30-24/h10-18,26,31H,19H2,1-9H3/t26-,33-/m1/s1. The van der Waals surface area contributed by atoms with Gasteiger partial charge < -0.3 is 4.55 Å². The highest BCUT2D eigenvalue weighted by atomic mass is 32.2. The molecule has 4 heteroatoms. The van der Waals surface area contributed by atoms with E-state index in [1.807, 2.05) is 39.0 Å². The quantitative estimate of drug-likeness (QED) is 0.407. The molecular weight excluding hydrogens is 424 g/mol. The van der Waals surface area contributed by atoms with Gasteiger partial charge in [-0.3, -0.25) is 4.98 Å². The van der Waals surface area contributed by atoms with E-state index in [4.69, 9.17) is 4.98 Å². The SMILES string of the molecule is CC(C)(C)c1cc([C@@H](Cc2ccc3ccccc3n2)N[S@+]([O-])C(C)(C)C)cc(C(C)(C)C)c1. The first-order valence-corrected chi connectivity index (χ1v) is 13.0. The Morgan fingerprint density at radius 2 is 1.39 bits per heavy atom. The summed E-state index contributed by atoms with van der Waals surface area (Å²) in [6.45, 7) is 19.5. The van der Waals surface area contributed by atoms with Crippen molar-refractivity contribution in [3.8, 4) is 0 Å². The van der Waals surface area contributed by atoms with Crippen LogP contribution in [0.4, 0.5) is 0 Å². The van der Waals surface area contributed by atoms with Crippen LogP contribution in [0.15, 0.2) is 54.6 Å². The van der Waals surface area contributed by atoms with E-state index in [-0.39, 0.29) is 21.6 Å². The molecule has 3 rings (SSSR count). The Bertz CT molecular complexity index is 1070. The van der Waals surface area contributed by atoms with Crippen LogP contribution in [0.5, 0.6) is 0 Å². The molecule has 3 nitrogen and oxygen atoms in total. The first-order valence-electron chi connectivity index (χ1n) is 11.8. The Labute approximate surface area is 203 Å². The van der Waals surface area contributed by atoms with E-state index < -0.39 is 11.4 Å². The average molecular weight is 465 g/mol. The summed E-state index contributed by atoms with van der Waals surface area (Å²) in [4.78, 5) is 4.91. The minimum Gasteiger partial charge on any atom is -0.598 e. The maximum absolute atomic E-state index is 13.2. The molecular formula is C29H40N2OS. The second-order valence-electron chi connectivity index (χ2n) is 12.1. The molecule has 0 bridgehead atoms. The minimum absolute atomic E-state index is 0.0188. The third kappa shape index (κ3) is 6.59. The third-order valence-corrected chi connectivity index (χ3v) is 7.58. The fourth-order valence-electron chi connectivity index (χ4n) is 3.68. The molecule has 178 valence electrons. The van der Waals surface area contributed by atoms with E-state index >= 15 is 0 Å². The Kier molecular flexibility index (Phi) is 7.33. The minimum atomic E-state index is -1.20. The second kappa shape index (κ2) is 9.40. The topological polar surface area (TPSA) is 48.0 Å². The van der Waals surface area contributed by atoms with Gasteiger partial charge in [-0.25, -0.2) is 0 Å². The summed E-state index contributed by atoms with van der Waals surface area (Å²) in [5.41, 5.74) is 5.78. The summed E-state index contributed by atoms with van der Waals surface area (Å²) >= 11 is -1.20.